The highest BCUT2D eigenvalue weighted by Gasteiger charge is 2.16. The number of amides is 2. The van der Waals surface area contributed by atoms with Crippen LogP contribution in [0.2, 0.25) is 0 Å². The molecule has 4 rings (SSSR count). The number of nitrogens with zero attached hydrogens (tertiary/aromatic N) is 2. The highest BCUT2D eigenvalue weighted by atomic mass is 16.5. The molecule has 0 spiro atoms. The van der Waals surface area contributed by atoms with Crippen molar-refractivity contribution in [2.75, 3.05) is 23.3 Å². The maximum Gasteiger partial charge on any atom is 0.319 e. The highest BCUT2D eigenvalue weighted by molar-refractivity contribution is 5.89. The van der Waals surface area contributed by atoms with Crippen molar-refractivity contribution in [1.82, 2.24) is 15.3 Å². The van der Waals surface area contributed by atoms with Gasteiger partial charge < -0.3 is 26.8 Å². The fourth-order valence-corrected chi connectivity index (χ4v) is 4.33. The van der Waals surface area contributed by atoms with Crippen molar-refractivity contribution in [3.05, 3.63) is 65.9 Å². The Hall–Kier alpha value is -3.65. The zero-order valence-electron chi connectivity index (χ0n) is 19.3. The quantitative estimate of drug-likeness (QED) is 0.385. The van der Waals surface area contributed by atoms with E-state index >= 15 is 0 Å². The number of nitrogens with one attached hydrogen (secondary N) is 2. The third-order valence-electron chi connectivity index (χ3n) is 6.09. The van der Waals surface area contributed by atoms with Gasteiger partial charge in [-0.3, -0.25) is 0 Å². The molecule has 2 amide bonds. The molecule has 3 aromatic rings. The van der Waals surface area contributed by atoms with E-state index in [9.17, 15) is 4.79 Å². The smallest absolute Gasteiger partial charge is 0.319 e. The average Bonchev–Trinajstić information content (AvgIpc) is 2.85. The van der Waals surface area contributed by atoms with Gasteiger partial charge in [0, 0.05) is 17.8 Å². The van der Waals surface area contributed by atoms with Crippen LogP contribution in [-0.2, 0) is 18.0 Å². The zero-order valence-corrected chi connectivity index (χ0v) is 19.3. The van der Waals surface area contributed by atoms with Gasteiger partial charge >= 0.3 is 6.03 Å². The second-order valence-corrected chi connectivity index (χ2v) is 8.68. The Morgan fingerprint density at radius 3 is 2.41 bits per heavy atom. The lowest BCUT2D eigenvalue weighted by molar-refractivity contribution is 0.105. The van der Waals surface area contributed by atoms with E-state index in [4.69, 9.17) is 16.2 Å². The molecule has 0 bridgehead atoms. The van der Waals surface area contributed by atoms with Gasteiger partial charge in [0.1, 0.15) is 5.82 Å². The predicted molar refractivity (Wildman–Crippen MR) is 135 cm³/mol. The molecule has 1 aliphatic carbocycles. The number of benzene rings is 2. The summed E-state index contributed by atoms with van der Waals surface area (Å²) in [5.74, 6) is 0.974. The summed E-state index contributed by atoms with van der Waals surface area (Å²) in [5, 5.41) is 5.88. The van der Waals surface area contributed by atoms with Crippen molar-refractivity contribution >= 4 is 23.5 Å². The number of ether oxygens (including phenoxy) is 1. The first kappa shape index (κ1) is 23.5. The Kier molecular flexibility index (Phi) is 7.93. The van der Waals surface area contributed by atoms with Crippen LogP contribution in [0.1, 0.15) is 43.4 Å². The first-order valence-electron chi connectivity index (χ1n) is 11.8. The molecule has 0 radical (unpaired) electrons. The summed E-state index contributed by atoms with van der Waals surface area (Å²) in [6.45, 7) is 1.41. The van der Waals surface area contributed by atoms with E-state index in [2.05, 4.69) is 20.6 Å². The third kappa shape index (κ3) is 6.45. The summed E-state index contributed by atoms with van der Waals surface area (Å²) in [4.78, 5) is 20.8. The van der Waals surface area contributed by atoms with Crippen molar-refractivity contribution < 1.29 is 9.53 Å². The Balaban J connectivity index is 1.39. The Labute approximate surface area is 200 Å². The first-order chi connectivity index (χ1) is 16.6. The summed E-state index contributed by atoms with van der Waals surface area (Å²) in [5.41, 5.74) is 15.9. The molecule has 1 heterocycles. The minimum atomic E-state index is -0.191. The van der Waals surface area contributed by atoms with Gasteiger partial charge in [0.2, 0.25) is 5.95 Å². The lowest BCUT2D eigenvalue weighted by Gasteiger charge is -2.21. The molecule has 8 nitrogen and oxygen atoms in total. The highest BCUT2D eigenvalue weighted by Crippen LogP contribution is 2.30. The fourth-order valence-electron chi connectivity index (χ4n) is 4.33. The largest absolute Gasteiger partial charge is 0.383 e. The summed E-state index contributed by atoms with van der Waals surface area (Å²) in [7, 11) is 0. The van der Waals surface area contributed by atoms with Gasteiger partial charge in [-0.15, -0.1) is 0 Å². The monoisotopic (exact) mass is 460 g/mol. The predicted octanol–water partition coefficient (Wildman–Crippen LogP) is 4.73. The van der Waals surface area contributed by atoms with E-state index in [1.165, 1.54) is 32.1 Å². The number of hydrogen-bond donors (Lipinski definition) is 4. The zero-order chi connectivity index (χ0) is 23.8. The Morgan fingerprint density at radius 2 is 1.68 bits per heavy atom. The van der Waals surface area contributed by atoms with Crippen molar-refractivity contribution in [2.24, 2.45) is 5.92 Å². The minimum absolute atomic E-state index is 0.104. The standard InChI is InChI=1S/C26H32N6O2/c27-24-23(22(31-25(28)32-24)17-34-16-19-9-5-2-6-10-19)20-11-13-21(14-12-20)30-26(33)29-15-18-7-3-1-4-8-18/h2,5-6,9-14,18H,1,3-4,7-8,15-17H2,(H2,29,30,33)(H4,27,28,31,32). The van der Waals surface area contributed by atoms with E-state index in [0.29, 0.717) is 29.5 Å². The molecule has 0 saturated heterocycles. The van der Waals surface area contributed by atoms with Crippen LogP contribution in [-0.4, -0.2) is 22.5 Å². The van der Waals surface area contributed by atoms with Gasteiger partial charge in [0.25, 0.3) is 0 Å². The van der Waals surface area contributed by atoms with Gasteiger partial charge in [0.05, 0.1) is 18.9 Å². The van der Waals surface area contributed by atoms with Crippen LogP contribution < -0.4 is 22.1 Å². The minimum Gasteiger partial charge on any atom is -0.383 e. The molecule has 0 unspecified atom stereocenters. The summed E-state index contributed by atoms with van der Waals surface area (Å²) in [6.07, 6.45) is 6.20. The SMILES string of the molecule is Nc1nc(N)c(-c2ccc(NC(=O)NCC3CCCCC3)cc2)c(COCc2ccccc2)n1. The fraction of sp³-hybridized carbons (Fsp3) is 0.346. The van der Waals surface area contributed by atoms with Crippen LogP contribution in [0, 0.1) is 5.92 Å². The molecule has 2 aromatic carbocycles. The van der Waals surface area contributed by atoms with Crippen molar-refractivity contribution in [1.29, 1.82) is 0 Å². The number of rotatable bonds is 8. The molecule has 1 aliphatic rings. The number of nitrogen functional groups attached to an aromatic ring is 2. The number of carbonyl (C=O) groups is 1. The van der Waals surface area contributed by atoms with Crippen LogP contribution in [0.3, 0.4) is 0 Å². The number of nitrogens with two attached hydrogens (primary N) is 2. The topological polar surface area (TPSA) is 128 Å². The molecule has 1 fully saturated rings. The molecule has 8 heteroatoms. The molecule has 0 aliphatic heterocycles. The van der Waals surface area contributed by atoms with E-state index in [1.807, 2.05) is 54.6 Å². The number of urea groups is 1. The van der Waals surface area contributed by atoms with Gasteiger partial charge in [0.15, 0.2) is 0 Å². The van der Waals surface area contributed by atoms with Crippen molar-refractivity contribution in [3.63, 3.8) is 0 Å². The number of anilines is 3. The van der Waals surface area contributed by atoms with Crippen molar-refractivity contribution in [3.8, 4) is 11.1 Å². The van der Waals surface area contributed by atoms with Gasteiger partial charge in [-0.1, -0.05) is 61.7 Å². The average molecular weight is 461 g/mol. The van der Waals surface area contributed by atoms with Crippen LogP contribution in [0.25, 0.3) is 11.1 Å². The lowest BCUT2D eigenvalue weighted by atomic mass is 9.89. The molecule has 34 heavy (non-hydrogen) atoms. The number of carbonyl (C=O) groups excluding carboxylic acids is 1. The molecular formula is C26H32N6O2. The second-order valence-electron chi connectivity index (χ2n) is 8.68. The van der Waals surface area contributed by atoms with Crippen LogP contribution in [0.15, 0.2) is 54.6 Å². The molecule has 6 N–H and O–H groups in total. The van der Waals surface area contributed by atoms with Crippen LogP contribution in [0.4, 0.5) is 22.2 Å². The van der Waals surface area contributed by atoms with Crippen molar-refractivity contribution in [2.45, 2.75) is 45.3 Å². The van der Waals surface area contributed by atoms with Crippen LogP contribution in [0.5, 0.6) is 0 Å². The molecule has 178 valence electrons. The lowest BCUT2D eigenvalue weighted by Crippen LogP contribution is -2.33. The second kappa shape index (κ2) is 11.5. The number of hydrogen-bond acceptors (Lipinski definition) is 6. The summed E-state index contributed by atoms with van der Waals surface area (Å²) in [6, 6.07) is 17.1. The van der Waals surface area contributed by atoms with E-state index in [-0.39, 0.29) is 24.4 Å². The first-order valence-corrected chi connectivity index (χ1v) is 11.8. The third-order valence-corrected chi connectivity index (χ3v) is 6.09. The van der Waals surface area contributed by atoms with Gasteiger partial charge in [-0.25, -0.2) is 9.78 Å². The van der Waals surface area contributed by atoms with E-state index in [0.717, 1.165) is 17.7 Å². The maximum absolute atomic E-state index is 12.3. The summed E-state index contributed by atoms with van der Waals surface area (Å²) < 4.78 is 5.86. The molecular weight excluding hydrogens is 428 g/mol. The van der Waals surface area contributed by atoms with Crippen LogP contribution >= 0.6 is 0 Å². The Morgan fingerprint density at radius 1 is 0.941 bits per heavy atom. The Bertz CT molecular complexity index is 1080. The van der Waals surface area contributed by atoms with E-state index in [1.54, 1.807) is 0 Å². The molecule has 1 saturated carbocycles. The maximum atomic E-state index is 12.3. The molecule has 0 atom stereocenters. The molecule has 1 aromatic heterocycles. The number of aromatic nitrogens is 2. The summed E-state index contributed by atoms with van der Waals surface area (Å²) >= 11 is 0. The van der Waals surface area contributed by atoms with Gasteiger partial charge in [-0.2, -0.15) is 4.98 Å². The normalized spacial score (nSPS) is 14.0. The van der Waals surface area contributed by atoms with E-state index < -0.39 is 0 Å². The van der Waals surface area contributed by atoms with Gasteiger partial charge in [-0.05, 0) is 42.0 Å².